The number of carbonyl (C=O) groups excluding carboxylic acids is 2. The molecule has 1 atom stereocenters. The number of ether oxygens (including phenoxy) is 1. The van der Waals surface area contributed by atoms with Crippen LogP contribution in [0.3, 0.4) is 0 Å². The van der Waals surface area contributed by atoms with Gasteiger partial charge in [-0.05, 0) is 48.8 Å². The maximum atomic E-state index is 13.2. The minimum absolute atomic E-state index is 0.0103. The maximum Gasteiger partial charge on any atom is 0.295 e. The molecule has 0 radical (unpaired) electrons. The SMILES string of the molecule is CCN(CC)CCN1C(=O)C(=O)/C(=C(\O)c2cccc(OCC(C)C)c2)C1c1cccc(O)c1. The van der Waals surface area contributed by atoms with Gasteiger partial charge in [0.05, 0.1) is 18.2 Å². The number of nitrogens with zero attached hydrogens (tertiary/aromatic N) is 2. The maximum absolute atomic E-state index is 13.2. The second kappa shape index (κ2) is 11.2. The van der Waals surface area contributed by atoms with Gasteiger partial charge in [0.15, 0.2) is 0 Å². The van der Waals surface area contributed by atoms with Crippen LogP contribution in [0.25, 0.3) is 5.76 Å². The number of Topliss-reactive ketones (excluding diaryl/α,β-unsaturated/α-hetero) is 1. The van der Waals surface area contributed by atoms with Crippen LogP contribution in [-0.2, 0) is 9.59 Å². The number of phenolic OH excluding ortho intramolecular Hbond substituents is 1. The van der Waals surface area contributed by atoms with Gasteiger partial charge in [-0.2, -0.15) is 0 Å². The number of likely N-dealkylation sites (tertiary alicyclic amines) is 1. The van der Waals surface area contributed by atoms with E-state index in [0.717, 1.165) is 13.1 Å². The number of rotatable bonds is 10. The minimum atomic E-state index is -0.803. The molecule has 1 aliphatic heterocycles. The number of benzene rings is 2. The number of amides is 1. The molecule has 1 saturated heterocycles. The molecule has 1 amide bonds. The lowest BCUT2D eigenvalue weighted by Crippen LogP contribution is -2.38. The second-order valence-electron chi connectivity index (χ2n) is 8.85. The smallest absolute Gasteiger partial charge is 0.295 e. The Bertz CT molecular complexity index is 1060. The zero-order valence-electron chi connectivity index (χ0n) is 20.3. The molecule has 1 fully saturated rings. The van der Waals surface area contributed by atoms with Gasteiger partial charge < -0.3 is 24.7 Å². The van der Waals surface area contributed by atoms with Crippen molar-refractivity contribution in [1.29, 1.82) is 0 Å². The Morgan fingerprint density at radius 1 is 1.09 bits per heavy atom. The van der Waals surface area contributed by atoms with E-state index in [-0.39, 0.29) is 17.1 Å². The predicted molar refractivity (Wildman–Crippen MR) is 132 cm³/mol. The number of aromatic hydroxyl groups is 1. The van der Waals surface area contributed by atoms with Crippen molar-refractivity contribution in [3.63, 3.8) is 0 Å². The van der Waals surface area contributed by atoms with Crippen molar-refractivity contribution < 1.29 is 24.5 Å². The lowest BCUT2D eigenvalue weighted by Gasteiger charge is -2.28. The first kappa shape index (κ1) is 25.3. The largest absolute Gasteiger partial charge is 0.508 e. The number of carbonyl (C=O) groups is 2. The van der Waals surface area contributed by atoms with Crippen molar-refractivity contribution in [2.24, 2.45) is 5.92 Å². The Morgan fingerprint density at radius 2 is 1.79 bits per heavy atom. The molecule has 3 rings (SSSR count). The van der Waals surface area contributed by atoms with E-state index < -0.39 is 17.7 Å². The molecule has 2 aromatic carbocycles. The Kier molecular flexibility index (Phi) is 8.34. The lowest BCUT2D eigenvalue weighted by molar-refractivity contribution is -0.140. The van der Waals surface area contributed by atoms with E-state index >= 15 is 0 Å². The van der Waals surface area contributed by atoms with Crippen molar-refractivity contribution in [2.75, 3.05) is 32.8 Å². The van der Waals surface area contributed by atoms with Gasteiger partial charge >= 0.3 is 0 Å². The molecule has 0 aliphatic carbocycles. The van der Waals surface area contributed by atoms with E-state index in [0.29, 0.717) is 42.5 Å². The third-order valence-corrected chi connectivity index (χ3v) is 5.97. The van der Waals surface area contributed by atoms with E-state index in [1.54, 1.807) is 36.4 Å². The highest BCUT2D eigenvalue weighted by molar-refractivity contribution is 6.46. The first-order valence-electron chi connectivity index (χ1n) is 11.8. The van der Waals surface area contributed by atoms with E-state index in [1.165, 1.54) is 17.0 Å². The zero-order chi connectivity index (χ0) is 24.8. The van der Waals surface area contributed by atoms with Crippen LogP contribution in [0, 0.1) is 5.92 Å². The topological polar surface area (TPSA) is 90.3 Å². The second-order valence-corrected chi connectivity index (χ2v) is 8.85. The van der Waals surface area contributed by atoms with Crippen molar-refractivity contribution in [3.8, 4) is 11.5 Å². The molecule has 7 nitrogen and oxygen atoms in total. The summed E-state index contributed by atoms with van der Waals surface area (Å²) in [5.74, 6) is -0.724. The highest BCUT2D eigenvalue weighted by Gasteiger charge is 2.46. The first-order chi connectivity index (χ1) is 16.3. The molecule has 7 heteroatoms. The average molecular weight is 467 g/mol. The van der Waals surface area contributed by atoms with Crippen molar-refractivity contribution in [2.45, 2.75) is 33.7 Å². The number of phenols is 1. The van der Waals surface area contributed by atoms with Crippen LogP contribution >= 0.6 is 0 Å². The highest BCUT2D eigenvalue weighted by atomic mass is 16.5. The monoisotopic (exact) mass is 466 g/mol. The normalized spacial score (nSPS) is 17.7. The molecule has 1 aliphatic rings. The molecular formula is C27H34N2O5. The molecule has 2 N–H and O–H groups in total. The van der Waals surface area contributed by atoms with Gasteiger partial charge in [-0.1, -0.05) is 52.0 Å². The Labute approximate surface area is 201 Å². The number of hydrogen-bond donors (Lipinski definition) is 2. The van der Waals surface area contributed by atoms with Gasteiger partial charge in [0.25, 0.3) is 11.7 Å². The molecule has 0 spiro atoms. The molecule has 182 valence electrons. The Balaban J connectivity index is 2.06. The van der Waals surface area contributed by atoms with E-state index in [4.69, 9.17) is 4.74 Å². The van der Waals surface area contributed by atoms with Crippen LogP contribution < -0.4 is 4.74 Å². The van der Waals surface area contributed by atoms with Crippen LogP contribution in [-0.4, -0.2) is 64.5 Å². The molecule has 0 saturated carbocycles. The third-order valence-electron chi connectivity index (χ3n) is 5.97. The van der Waals surface area contributed by atoms with Crippen molar-refractivity contribution >= 4 is 17.4 Å². The molecule has 1 unspecified atom stereocenters. The summed E-state index contributed by atoms with van der Waals surface area (Å²) in [6, 6.07) is 12.5. The first-order valence-corrected chi connectivity index (χ1v) is 11.8. The van der Waals surface area contributed by atoms with Gasteiger partial charge in [-0.25, -0.2) is 0 Å². The fourth-order valence-corrected chi connectivity index (χ4v) is 4.09. The van der Waals surface area contributed by atoms with Gasteiger partial charge in [0, 0.05) is 18.7 Å². The molecular weight excluding hydrogens is 432 g/mol. The third kappa shape index (κ3) is 5.59. The fourth-order valence-electron chi connectivity index (χ4n) is 4.09. The Hall–Kier alpha value is -3.32. The van der Waals surface area contributed by atoms with E-state index in [2.05, 4.69) is 4.90 Å². The minimum Gasteiger partial charge on any atom is -0.508 e. The number of hydrogen-bond acceptors (Lipinski definition) is 6. The van der Waals surface area contributed by atoms with Crippen LogP contribution in [0.5, 0.6) is 11.5 Å². The van der Waals surface area contributed by atoms with Crippen molar-refractivity contribution in [1.82, 2.24) is 9.80 Å². The average Bonchev–Trinajstić information content (AvgIpc) is 3.08. The number of ketones is 1. The molecule has 1 heterocycles. The molecule has 2 aromatic rings. The summed E-state index contributed by atoms with van der Waals surface area (Å²) in [5.41, 5.74) is 0.969. The summed E-state index contributed by atoms with van der Waals surface area (Å²) in [6.07, 6.45) is 0. The molecule has 0 bridgehead atoms. The molecule has 34 heavy (non-hydrogen) atoms. The van der Waals surface area contributed by atoms with E-state index in [9.17, 15) is 19.8 Å². The van der Waals surface area contributed by atoms with Crippen LogP contribution in [0.15, 0.2) is 54.1 Å². The van der Waals surface area contributed by atoms with Gasteiger partial charge in [0.1, 0.15) is 17.3 Å². The summed E-state index contributed by atoms with van der Waals surface area (Å²) in [4.78, 5) is 29.9. The highest BCUT2D eigenvalue weighted by Crippen LogP contribution is 2.40. The fraction of sp³-hybridized carbons (Fsp3) is 0.407. The lowest BCUT2D eigenvalue weighted by atomic mass is 9.95. The van der Waals surface area contributed by atoms with Gasteiger partial charge in [-0.15, -0.1) is 0 Å². The number of aliphatic hydroxyl groups is 1. The quantitative estimate of drug-likeness (QED) is 0.310. The van der Waals surface area contributed by atoms with Gasteiger partial charge in [0.2, 0.25) is 0 Å². The Morgan fingerprint density at radius 3 is 2.44 bits per heavy atom. The zero-order valence-corrected chi connectivity index (χ0v) is 20.3. The number of aliphatic hydroxyl groups excluding tert-OH is 1. The summed E-state index contributed by atoms with van der Waals surface area (Å²) in [7, 11) is 0. The van der Waals surface area contributed by atoms with Crippen molar-refractivity contribution in [3.05, 3.63) is 65.2 Å². The summed E-state index contributed by atoms with van der Waals surface area (Å²) in [6.45, 7) is 11.2. The summed E-state index contributed by atoms with van der Waals surface area (Å²) >= 11 is 0. The summed E-state index contributed by atoms with van der Waals surface area (Å²) < 4.78 is 5.77. The number of likely N-dealkylation sites (N-methyl/N-ethyl adjacent to an activating group) is 1. The van der Waals surface area contributed by atoms with Gasteiger partial charge in [-0.3, -0.25) is 9.59 Å². The standard InChI is InChI=1S/C27H34N2O5/c1-5-28(6-2)13-14-29-24(19-9-7-11-21(30)15-19)23(26(32)27(29)33)25(31)20-10-8-12-22(16-20)34-17-18(3)4/h7-12,15-16,18,24,30-31H,5-6,13-14,17H2,1-4H3/b25-23-. The predicted octanol–water partition coefficient (Wildman–Crippen LogP) is 4.19. The van der Waals surface area contributed by atoms with E-state index in [1.807, 2.05) is 27.7 Å². The van der Waals surface area contributed by atoms with Crippen LogP contribution in [0.2, 0.25) is 0 Å². The molecule has 0 aromatic heterocycles. The summed E-state index contributed by atoms with van der Waals surface area (Å²) in [5, 5.41) is 21.3. The van der Waals surface area contributed by atoms with Crippen LogP contribution in [0.4, 0.5) is 0 Å². The van der Waals surface area contributed by atoms with Crippen LogP contribution in [0.1, 0.15) is 44.9 Å².